The predicted octanol–water partition coefficient (Wildman–Crippen LogP) is 1.60. The molecule has 98 valence electrons. The number of benzene rings is 1. The maximum Gasteiger partial charge on any atom is 0.231 e. The Kier molecular flexibility index (Phi) is 3.39. The van der Waals surface area contributed by atoms with Gasteiger partial charge in [-0.2, -0.15) is 0 Å². The van der Waals surface area contributed by atoms with E-state index in [1.165, 1.54) is 18.4 Å². The van der Waals surface area contributed by atoms with Crippen molar-refractivity contribution in [3.63, 3.8) is 0 Å². The zero-order valence-corrected chi connectivity index (χ0v) is 10.8. The van der Waals surface area contributed by atoms with E-state index < -0.39 is 0 Å². The van der Waals surface area contributed by atoms with Gasteiger partial charge in [0.15, 0.2) is 11.5 Å². The van der Waals surface area contributed by atoms with Crippen LogP contribution in [0.3, 0.4) is 0 Å². The molecule has 1 aliphatic heterocycles. The molecule has 0 saturated heterocycles. The van der Waals surface area contributed by atoms with Crippen LogP contribution in [-0.2, 0) is 6.54 Å². The van der Waals surface area contributed by atoms with Crippen LogP contribution < -0.4 is 14.8 Å². The Morgan fingerprint density at radius 2 is 2.11 bits per heavy atom. The van der Waals surface area contributed by atoms with Crippen molar-refractivity contribution in [2.75, 3.05) is 26.9 Å². The molecule has 4 nitrogen and oxygen atoms in total. The van der Waals surface area contributed by atoms with Crippen LogP contribution in [-0.4, -0.2) is 37.9 Å². The number of nitrogens with one attached hydrogen (secondary N) is 1. The van der Waals surface area contributed by atoms with Crippen LogP contribution in [0, 0.1) is 0 Å². The maximum atomic E-state index is 5.37. The highest BCUT2D eigenvalue weighted by atomic mass is 16.7. The fraction of sp³-hybridized carbons (Fsp3) is 0.571. The van der Waals surface area contributed by atoms with Gasteiger partial charge in [0.2, 0.25) is 6.79 Å². The quantitative estimate of drug-likeness (QED) is 0.775. The molecule has 18 heavy (non-hydrogen) atoms. The molecule has 0 radical (unpaired) electrons. The van der Waals surface area contributed by atoms with Crippen molar-refractivity contribution in [1.29, 1.82) is 0 Å². The summed E-state index contributed by atoms with van der Waals surface area (Å²) in [6.07, 6.45) is 2.75. The molecule has 0 unspecified atom stereocenters. The third-order valence-electron chi connectivity index (χ3n) is 3.58. The highest BCUT2D eigenvalue weighted by Gasteiger charge is 2.25. The number of hydrogen-bond donors (Lipinski definition) is 1. The van der Waals surface area contributed by atoms with Crippen LogP contribution in [0.1, 0.15) is 18.4 Å². The molecule has 4 heteroatoms. The molecule has 1 fully saturated rings. The van der Waals surface area contributed by atoms with Gasteiger partial charge in [-0.1, -0.05) is 6.07 Å². The van der Waals surface area contributed by atoms with Crippen molar-refractivity contribution in [1.82, 2.24) is 10.2 Å². The molecule has 2 aliphatic rings. The van der Waals surface area contributed by atoms with Gasteiger partial charge in [0.05, 0.1) is 0 Å². The lowest BCUT2D eigenvalue weighted by Gasteiger charge is -2.15. The molecule has 1 aromatic carbocycles. The van der Waals surface area contributed by atoms with Crippen LogP contribution in [0.2, 0.25) is 0 Å². The van der Waals surface area contributed by atoms with Crippen LogP contribution in [0.4, 0.5) is 0 Å². The zero-order valence-electron chi connectivity index (χ0n) is 10.8. The summed E-state index contributed by atoms with van der Waals surface area (Å²) in [5.41, 5.74) is 1.24. The van der Waals surface area contributed by atoms with Crippen LogP contribution in [0.25, 0.3) is 0 Å². The van der Waals surface area contributed by atoms with Crippen molar-refractivity contribution in [2.45, 2.75) is 25.4 Å². The standard InChI is InChI=1S/C14H20N2O2/c1-16(12-3-4-12)7-6-15-9-11-2-5-13-14(8-11)18-10-17-13/h2,5,8,12,15H,3-4,6-7,9-10H2,1H3. The minimum atomic E-state index is 0.346. The second-order valence-electron chi connectivity index (χ2n) is 5.08. The van der Waals surface area contributed by atoms with Crippen molar-refractivity contribution in [2.24, 2.45) is 0 Å². The molecule has 3 rings (SSSR count). The van der Waals surface area contributed by atoms with E-state index in [0.29, 0.717) is 6.79 Å². The lowest BCUT2D eigenvalue weighted by molar-refractivity contribution is 0.174. The maximum absolute atomic E-state index is 5.37. The molecule has 0 amide bonds. The topological polar surface area (TPSA) is 33.7 Å². The molecule has 0 bridgehead atoms. The van der Waals surface area contributed by atoms with Gasteiger partial charge in [0, 0.05) is 25.7 Å². The molecule has 1 saturated carbocycles. The van der Waals surface area contributed by atoms with Gasteiger partial charge in [-0.25, -0.2) is 0 Å². The van der Waals surface area contributed by atoms with E-state index in [4.69, 9.17) is 9.47 Å². The Labute approximate surface area is 108 Å². The first kappa shape index (κ1) is 11.8. The fourth-order valence-corrected chi connectivity index (χ4v) is 2.24. The second-order valence-corrected chi connectivity index (χ2v) is 5.08. The molecule has 1 N–H and O–H groups in total. The first-order valence-electron chi connectivity index (χ1n) is 6.62. The molecule has 0 atom stereocenters. The Balaban J connectivity index is 1.42. The Morgan fingerprint density at radius 1 is 1.28 bits per heavy atom. The molecule has 1 aliphatic carbocycles. The number of hydrogen-bond acceptors (Lipinski definition) is 4. The summed E-state index contributed by atoms with van der Waals surface area (Å²) in [4.78, 5) is 2.44. The van der Waals surface area contributed by atoms with Gasteiger partial charge >= 0.3 is 0 Å². The number of ether oxygens (including phenoxy) is 2. The third-order valence-corrected chi connectivity index (χ3v) is 3.58. The van der Waals surface area contributed by atoms with Crippen LogP contribution >= 0.6 is 0 Å². The van der Waals surface area contributed by atoms with E-state index in [0.717, 1.165) is 37.2 Å². The molecule has 1 heterocycles. The third kappa shape index (κ3) is 2.76. The van der Waals surface area contributed by atoms with E-state index in [1.54, 1.807) is 0 Å². The van der Waals surface area contributed by atoms with Gasteiger partial charge in [0.25, 0.3) is 0 Å². The van der Waals surface area contributed by atoms with Gasteiger partial charge in [-0.15, -0.1) is 0 Å². The van der Waals surface area contributed by atoms with Gasteiger partial charge in [-0.05, 0) is 37.6 Å². The summed E-state index contributed by atoms with van der Waals surface area (Å²) in [6, 6.07) is 6.97. The number of nitrogens with zero attached hydrogens (tertiary/aromatic N) is 1. The minimum Gasteiger partial charge on any atom is -0.454 e. The number of likely N-dealkylation sites (N-methyl/N-ethyl adjacent to an activating group) is 1. The SMILES string of the molecule is CN(CCNCc1ccc2c(c1)OCO2)C1CC1. The molecular formula is C14H20N2O2. The lowest BCUT2D eigenvalue weighted by Crippen LogP contribution is -2.30. The highest BCUT2D eigenvalue weighted by molar-refractivity contribution is 5.44. The fourth-order valence-electron chi connectivity index (χ4n) is 2.24. The van der Waals surface area contributed by atoms with E-state index in [1.807, 2.05) is 6.07 Å². The van der Waals surface area contributed by atoms with Gasteiger partial charge in [0.1, 0.15) is 0 Å². The van der Waals surface area contributed by atoms with Crippen molar-refractivity contribution >= 4 is 0 Å². The smallest absolute Gasteiger partial charge is 0.231 e. The van der Waals surface area contributed by atoms with E-state index in [2.05, 4.69) is 29.4 Å². The number of fused-ring (bicyclic) bond motifs is 1. The summed E-state index contributed by atoms with van der Waals surface area (Å²) >= 11 is 0. The number of rotatable bonds is 6. The molecule has 0 aromatic heterocycles. The summed E-state index contributed by atoms with van der Waals surface area (Å²) in [5.74, 6) is 1.72. The average Bonchev–Trinajstić information content (AvgIpc) is 3.13. The minimum absolute atomic E-state index is 0.346. The predicted molar refractivity (Wildman–Crippen MR) is 69.9 cm³/mol. The summed E-state index contributed by atoms with van der Waals surface area (Å²) < 4.78 is 10.7. The van der Waals surface area contributed by atoms with E-state index >= 15 is 0 Å². The Hall–Kier alpha value is -1.26. The Bertz CT molecular complexity index is 418. The monoisotopic (exact) mass is 248 g/mol. The van der Waals surface area contributed by atoms with E-state index in [-0.39, 0.29) is 0 Å². The van der Waals surface area contributed by atoms with Crippen molar-refractivity contribution in [3.8, 4) is 11.5 Å². The van der Waals surface area contributed by atoms with Crippen molar-refractivity contribution < 1.29 is 9.47 Å². The van der Waals surface area contributed by atoms with Crippen LogP contribution in [0.5, 0.6) is 11.5 Å². The normalized spacial score (nSPS) is 17.4. The summed E-state index contributed by atoms with van der Waals surface area (Å²) in [5, 5.41) is 3.47. The molecule has 0 spiro atoms. The Morgan fingerprint density at radius 3 is 2.94 bits per heavy atom. The highest BCUT2D eigenvalue weighted by Crippen LogP contribution is 2.32. The zero-order chi connectivity index (χ0) is 12.4. The largest absolute Gasteiger partial charge is 0.454 e. The first-order chi connectivity index (χ1) is 8.83. The lowest BCUT2D eigenvalue weighted by atomic mass is 10.2. The average molecular weight is 248 g/mol. The molecule has 1 aromatic rings. The summed E-state index contributed by atoms with van der Waals surface area (Å²) in [7, 11) is 2.21. The first-order valence-corrected chi connectivity index (χ1v) is 6.62. The van der Waals surface area contributed by atoms with Crippen LogP contribution in [0.15, 0.2) is 18.2 Å². The van der Waals surface area contributed by atoms with Crippen molar-refractivity contribution in [3.05, 3.63) is 23.8 Å². The van der Waals surface area contributed by atoms with Gasteiger partial charge < -0.3 is 19.7 Å². The molecular weight excluding hydrogens is 228 g/mol. The van der Waals surface area contributed by atoms with Gasteiger partial charge in [-0.3, -0.25) is 0 Å². The summed E-state index contributed by atoms with van der Waals surface area (Å²) in [6.45, 7) is 3.38. The second kappa shape index (κ2) is 5.16. The van der Waals surface area contributed by atoms with E-state index in [9.17, 15) is 0 Å².